The Morgan fingerprint density at radius 2 is 1.79 bits per heavy atom. The zero-order valence-corrected chi connectivity index (χ0v) is 11.8. The first-order valence-corrected chi connectivity index (χ1v) is 6.50. The lowest BCUT2D eigenvalue weighted by Gasteiger charge is -2.18. The van der Waals surface area contributed by atoms with Gasteiger partial charge in [0.15, 0.2) is 0 Å². The maximum absolute atomic E-state index is 13.7. The van der Waals surface area contributed by atoms with Crippen molar-refractivity contribution in [2.45, 2.75) is 13.0 Å². The van der Waals surface area contributed by atoms with Crippen LogP contribution in [0.4, 0.5) is 10.1 Å². The van der Waals surface area contributed by atoms with Crippen molar-refractivity contribution in [3.63, 3.8) is 0 Å². The molecule has 0 saturated carbocycles. The number of rotatable bonds is 3. The van der Waals surface area contributed by atoms with Crippen molar-refractivity contribution in [3.8, 4) is 11.5 Å². The smallest absolute Gasteiger partial charge is 0.147 e. The molecule has 0 radical (unpaired) electrons. The van der Waals surface area contributed by atoms with Gasteiger partial charge in [0, 0.05) is 16.6 Å². The number of para-hydroxylation sites is 1. The Balaban J connectivity index is 2.28. The zero-order chi connectivity index (χ0) is 14.0. The van der Waals surface area contributed by atoms with Gasteiger partial charge in [0.25, 0.3) is 0 Å². The second kappa shape index (κ2) is 5.48. The zero-order valence-electron chi connectivity index (χ0n) is 10.2. The van der Waals surface area contributed by atoms with Crippen LogP contribution >= 0.6 is 15.9 Å². The first-order valence-electron chi connectivity index (χ1n) is 5.71. The highest BCUT2D eigenvalue weighted by Gasteiger charge is 2.12. The van der Waals surface area contributed by atoms with Gasteiger partial charge in [-0.05, 0) is 52.7 Å². The Kier molecular flexibility index (Phi) is 3.95. The van der Waals surface area contributed by atoms with Crippen LogP contribution in [0, 0.1) is 5.82 Å². The lowest BCUT2D eigenvalue weighted by atomic mass is 10.1. The number of hydrogen-bond acceptors (Lipinski definition) is 3. The van der Waals surface area contributed by atoms with E-state index >= 15 is 0 Å². The van der Waals surface area contributed by atoms with Crippen molar-refractivity contribution >= 4 is 21.6 Å². The fourth-order valence-corrected chi connectivity index (χ4v) is 2.26. The third-order valence-corrected chi connectivity index (χ3v) is 3.41. The summed E-state index contributed by atoms with van der Waals surface area (Å²) in [7, 11) is 0. The van der Waals surface area contributed by atoms with Crippen LogP contribution in [0.2, 0.25) is 0 Å². The third-order valence-electron chi connectivity index (χ3n) is 2.75. The Labute approximate surface area is 118 Å². The number of phenolic OH excluding ortho intramolecular Hbond substituents is 2. The predicted octanol–water partition coefficient (Wildman–Crippen LogP) is 4.17. The first-order chi connectivity index (χ1) is 8.97. The molecular weight excluding hydrogens is 313 g/mol. The summed E-state index contributed by atoms with van der Waals surface area (Å²) in [6.07, 6.45) is 0. The van der Waals surface area contributed by atoms with Gasteiger partial charge < -0.3 is 15.5 Å². The normalized spacial score (nSPS) is 12.2. The van der Waals surface area contributed by atoms with E-state index in [2.05, 4.69) is 21.2 Å². The molecule has 0 aliphatic carbocycles. The molecular formula is C14H13BrFNO2. The van der Waals surface area contributed by atoms with Gasteiger partial charge in [-0.3, -0.25) is 0 Å². The molecule has 0 heterocycles. The minimum Gasteiger partial charge on any atom is -0.508 e. The van der Waals surface area contributed by atoms with Gasteiger partial charge in [-0.1, -0.05) is 6.07 Å². The van der Waals surface area contributed by atoms with Crippen LogP contribution in [-0.4, -0.2) is 10.2 Å². The molecule has 19 heavy (non-hydrogen) atoms. The molecule has 3 nitrogen and oxygen atoms in total. The Morgan fingerprint density at radius 1 is 1.16 bits per heavy atom. The first kappa shape index (κ1) is 13.7. The molecule has 5 heteroatoms. The quantitative estimate of drug-likeness (QED) is 0.793. The summed E-state index contributed by atoms with van der Waals surface area (Å²) < 4.78 is 14.3. The lowest BCUT2D eigenvalue weighted by Crippen LogP contribution is -2.08. The molecule has 0 saturated heterocycles. The largest absolute Gasteiger partial charge is 0.508 e. The molecule has 2 aromatic rings. The third kappa shape index (κ3) is 3.17. The van der Waals surface area contributed by atoms with Gasteiger partial charge in [0.1, 0.15) is 17.3 Å². The average molecular weight is 326 g/mol. The maximum atomic E-state index is 13.7. The highest BCUT2D eigenvalue weighted by atomic mass is 79.9. The molecule has 0 amide bonds. The van der Waals surface area contributed by atoms with Crippen LogP contribution in [0.1, 0.15) is 18.5 Å². The maximum Gasteiger partial charge on any atom is 0.147 e. The summed E-state index contributed by atoms with van der Waals surface area (Å²) in [5, 5.41) is 21.9. The molecule has 0 aliphatic heterocycles. The second-order valence-corrected chi connectivity index (χ2v) is 5.10. The van der Waals surface area contributed by atoms with Crippen LogP contribution < -0.4 is 5.32 Å². The van der Waals surface area contributed by atoms with E-state index in [4.69, 9.17) is 0 Å². The molecule has 2 aromatic carbocycles. The number of phenols is 2. The molecule has 1 atom stereocenters. The fraction of sp³-hybridized carbons (Fsp3) is 0.143. The molecule has 0 aromatic heterocycles. The Morgan fingerprint density at radius 3 is 2.37 bits per heavy atom. The SMILES string of the molecule is CC(Nc1c(F)cccc1Br)c1cc(O)cc(O)c1. The van der Waals surface area contributed by atoms with Crippen molar-refractivity contribution in [1.29, 1.82) is 0 Å². The molecule has 3 N–H and O–H groups in total. The Bertz CT molecular complexity index is 563. The van der Waals surface area contributed by atoms with E-state index in [1.165, 1.54) is 24.3 Å². The highest BCUT2D eigenvalue weighted by Crippen LogP contribution is 2.31. The molecule has 100 valence electrons. The number of hydrogen-bond donors (Lipinski definition) is 3. The number of anilines is 1. The van der Waals surface area contributed by atoms with E-state index in [-0.39, 0.29) is 23.4 Å². The van der Waals surface area contributed by atoms with Gasteiger partial charge >= 0.3 is 0 Å². The van der Waals surface area contributed by atoms with Gasteiger partial charge in [-0.2, -0.15) is 0 Å². The summed E-state index contributed by atoms with van der Waals surface area (Å²) in [6.45, 7) is 1.81. The number of halogens is 2. The van der Waals surface area contributed by atoms with Crippen molar-refractivity contribution in [1.82, 2.24) is 0 Å². The summed E-state index contributed by atoms with van der Waals surface area (Å²) in [4.78, 5) is 0. The molecule has 0 bridgehead atoms. The standard InChI is InChI=1S/C14H13BrFNO2/c1-8(9-5-10(18)7-11(19)6-9)17-14-12(15)3-2-4-13(14)16/h2-8,17-19H,1H3. The van der Waals surface area contributed by atoms with Gasteiger partial charge in [0.2, 0.25) is 0 Å². The monoisotopic (exact) mass is 325 g/mol. The van der Waals surface area contributed by atoms with Crippen LogP contribution in [0.25, 0.3) is 0 Å². The van der Waals surface area contributed by atoms with Crippen LogP contribution in [-0.2, 0) is 0 Å². The molecule has 2 rings (SSSR count). The second-order valence-electron chi connectivity index (χ2n) is 4.25. The van der Waals surface area contributed by atoms with E-state index in [0.29, 0.717) is 15.7 Å². The molecule has 1 unspecified atom stereocenters. The number of nitrogens with one attached hydrogen (secondary N) is 1. The van der Waals surface area contributed by atoms with Crippen LogP contribution in [0.5, 0.6) is 11.5 Å². The molecule has 0 spiro atoms. The van der Waals surface area contributed by atoms with E-state index in [1.54, 1.807) is 12.1 Å². The predicted molar refractivity (Wildman–Crippen MR) is 75.9 cm³/mol. The number of benzene rings is 2. The van der Waals surface area contributed by atoms with E-state index in [1.807, 2.05) is 6.92 Å². The number of aromatic hydroxyl groups is 2. The molecule has 0 fully saturated rings. The van der Waals surface area contributed by atoms with Crippen LogP contribution in [0.15, 0.2) is 40.9 Å². The topological polar surface area (TPSA) is 52.5 Å². The van der Waals surface area contributed by atoms with Crippen molar-refractivity contribution in [2.24, 2.45) is 0 Å². The fourth-order valence-electron chi connectivity index (χ4n) is 1.80. The summed E-state index contributed by atoms with van der Waals surface area (Å²) in [6, 6.07) is 8.71. The van der Waals surface area contributed by atoms with Crippen molar-refractivity contribution in [2.75, 3.05) is 5.32 Å². The summed E-state index contributed by atoms with van der Waals surface area (Å²) in [5.41, 5.74) is 1.01. The van der Waals surface area contributed by atoms with Gasteiger partial charge in [-0.15, -0.1) is 0 Å². The summed E-state index contributed by atoms with van der Waals surface area (Å²) >= 11 is 3.28. The Hall–Kier alpha value is -1.75. The van der Waals surface area contributed by atoms with Crippen molar-refractivity contribution in [3.05, 3.63) is 52.3 Å². The van der Waals surface area contributed by atoms with Gasteiger partial charge in [0.05, 0.1) is 5.69 Å². The lowest BCUT2D eigenvalue weighted by molar-refractivity contribution is 0.448. The average Bonchev–Trinajstić information content (AvgIpc) is 2.32. The minimum absolute atomic E-state index is 0.0313. The highest BCUT2D eigenvalue weighted by molar-refractivity contribution is 9.10. The van der Waals surface area contributed by atoms with E-state index in [9.17, 15) is 14.6 Å². The summed E-state index contributed by atoms with van der Waals surface area (Å²) in [5.74, 6) is -0.432. The van der Waals surface area contributed by atoms with Crippen molar-refractivity contribution < 1.29 is 14.6 Å². The minimum atomic E-state index is -0.370. The van der Waals surface area contributed by atoms with E-state index < -0.39 is 0 Å². The van der Waals surface area contributed by atoms with Crippen LogP contribution in [0.3, 0.4) is 0 Å². The molecule has 0 aliphatic rings. The van der Waals surface area contributed by atoms with E-state index in [0.717, 1.165) is 0 Å². The van der Waals surface area contributed by atoms with Gasteiger partial charge in [-0.25, -0.2) is 4.39 Å².